The molecule has 0 saturated carbocycles. The van der Waals surface area contributed by atoms with Crippen LogP contribution in [0.4, 0.5) is 0 Å². The topological polar surface area (TPSA) is 52.3 Å². The lowest BCUT2D eigenvalue weighted by Crippen LogP contribution is -2.14. The number of hydrogen-bond acceptors (Lipinski definition) is 5. The third-order valence-electron chi connectivity index (χ3n) is 3.77. The first-order valence-corrected chi connectivity index (χ1v) is 9.16. The Bertz CT molecular complexity index is 987. The maximum absolute atomic E-state index is 6.14. The van der Waals surface area contributed by atoms with Crippen molar-refractivity contribution < 1.29 is 4.74 Å². The molecule has 3 aromatic rings. The standard InChI is InChI=1S/C17H12Cl2N4OS/c1-24-15-5-3-2-4-11(15)16-20-21-17-23(16)22-14(9-25-17)10-6-7-12(18)13(19)8-10/h2-8H,9H2,1H3. The second-order valence-corrected chi connectivity index (χ2v) is 7.04. The van der Waals surface area contributed by atoms with Crippen LogP contribution in [0.3, 0.4) is 0 Å². The number of aromatic nitrogens is 3. The number of para-hydroxylation sites is 1. The van der Waals surface area contributed by atoms with E-state index >= 15 is 0 Å². The highest BCUT2D eigenvalue weighted by molar-refractivity contribution is 7.99. The number of rotatable bonds is 3. The lowest BCUT2D eigenvalue weighted by molar-refractivity contribution is 0.416. The first-order chi connectivity index (χ1) is 12.2. The highest BCUT2D eigenvalue weighted by Gasteiger charge is 2.22. The Morgan fingerprint density at radius 3 is 2.72 bits per heavy atom. The molecule has 0 N–H and O–H groups in total. The largest absolute Gasteiger partial charge is 0.496 e. The third-order valence-corrected chi connectivity index (χ3v) is 5.44. The van der Waals surface area contributed by atoms with Crippen LogP contribution in [0.25, 0.3) is 11.4 Å². The Kier molecular flexibility index (Phi) is 4.41. The van der Waals surface area contributed by atoms with Crippen molar-refractivity contribution in [2.24, 2.45) is 5.10 Å². The molecule has 0 bridgehead atoms. The van der Waals surface area contributed by atoms with Crippen molar-refractivity contribution in [3.63, 3.8) is 0 Å². The average Bonchev–Trinajstić information content (AvgIpc) is 3.07. The van der Waals surface area contributed by atoms with E-state index < -0.39 is 0 Å². The van der Waals surface area contributed by atoms with Crippen LogP contribution in [0.2, 0.25) is 10.0 Å². The summed E-state index contributed by atoms with van der Waals surface area (Å²) in [6, 6.07) is 13.2. The zero-order valence-electron chi connectivity index (χ0n) is 13.1. The maximum Gasteiger partial charge on any atom is 0.212 e. The van der Waals surface area contributed by atoms with Crippen molar-refractivity contribution in [2.75, 3.05) is 12.9 Å². The third kappa shape index (κ3) is 3.01. The first-order valence-electron chi connectivity index (χ1n) is 7.42. The molecule has 8 heteroatoms. The van der Waals surface area contributed by atoms with Crippen molar-refractivity contribution in [2.45, 2.75) is 5.16 Å². The van der Waals surface area contributed by atoms with Gasteiger partial charge in [0, 0.05) is 11.3 Å². The van der Waals surface area contributed by atoms with Crippen LogP contribution in [-0.2, 0) is 0 Å². The van der Waals surface area contributed by atoms with Gasteiger partial charge >= 0.3 is 0 Å². The van der Waals surface area contributed by atoms with Crippen molar-refractivity contribution in [1.82, 2.24) is 14.9 Å². The maximum atomic E-state index is 6.14. The Labute approximate surface area is 158 Å². The van der Waals surface area contributed by atoms with Gasteiger partial charge in [0.2, 0.25) is 5.16 Å². The van der Waals surface area contributed by atoms with E-state index in [4.69, 9.17) is 33.0 Å². The van der Waals surface area contributed by atoms with Gasteiger partial charge < -0.3 is 4.74 Å². The van der Waals surface area contributed by atoms with E-state index in [1.807, 2.05) is 36.4 Å². The molecule has 1 aliphatic rings. The van der Waals surface area contributed by atoms with Gasteiger partial charge in [-0.25, -0.2) is 0 Å². The van der Waals surface area contributed by atoms with Gasteiger partial charge in [0.1, 0.15) is 5.75 Å². The minimum atomic E-state index is 0.506. The molecule has 0 unspecified atom stereocenters. The molecule has 1 aromatic heterocycles. The molecule has 0 spiro atoms. The van der Waals surface area contributed by atoms with Gasteiger partial charge in [-0.3, -0.25) is 0 Å². The number of halogens is 2. The summed E-state index contributed by atoms with van der Waals surface area (Å²) in [5, 5.41) is 15.0. The van der Waals surface area contributed by atoms with E-state index in [-0.39, 0.29) is 0 Å². The zero-order valence-corrected chi connectivity index (χ0v) is 15.4. The van der Waals surface area contributed by atoms with E-state index in [1.165, 1.54) is 0 Å². The molecule has 5 nitrogen and oxygen atoms in total. The predicted octanol–water partition coefficient (Wildman–Crippen LogP) is 4.62. The SMILES string of the molecule is COc1ccccc1-c1nnc2n1N=C(c1ccc(Cl)c(Cl)c1)CS2. The van der Waals surface area contributed by atoms with Crippen molar-refractivity contribution in [3.05, 3.63) is 58.1 Å². The number of fused-ring (bicyclic) bond motifs is 1. The molecular formula is C17H12Cl2N4OS. The molecule has 2 heterocycles. The summed E-state index contributed by atoms with van der Waals surface area (Å²) >= 11 is 13.7. The van der Waals surface area contributed by atoms with E-state index in [0.29, 0.717) is 21.6 Å². The molecule has 4 rings (SSSR count). The fourth-order valence-electron chi connectivity index (χ4n) is 2.54. The van der Waals surface area contributed by atoms with E-state index in [9.17, 15) is 0 Å². The van der Waals surface area contributed by atoms with Gasteiger partial charge in [-0.2, -0.15) is 9.78 Å². The van der Waals surface area contributed by atoms with Crippen LogP contribution >= 0.6 is 35.0 Å². The molecule has 0 saturated heterocycles. The summed E-state index contributed by atoms with van der Waals surface area (Å²) in [5.41, 5.74) is 2.64. The molecule has 0 fully saturated rings. The average molecular weight is 391 g/mol. The van der Waals surface area contributed by atoms with E-state index in [2.05, 4.69) is 10.2 Å². The molecule has 25 heavy (non-hydrogen) atoms. The van der Waals surface area contributed by atoms with Gasteiger partial charge in [0.25, 0.3) is 0 Å². The highest BCUT2D eigenvalue weighted by Crippen LogP contribution is 2.33. The lowest BCUT2D eigenvalue weighted by atomic mass is 10.1. The molecular weight excluding hydrogens is 379 g/mol. The number of benzene rings is 2. The lowest BCUT2D eigenvalue weighted by Gasteiger charge is -2.15. The predicted molar refractivity (Wildman–Crippen MR) is 101 cm³/mol. The number of thioether (sulfide) groups is 1. The van der Waals surface area contributed by atoms with Crippen molar-refractivity contribution in [3.8, 4) is 17.1 Å². The molecule has 1 aliphatic heterocycles. The zero-order chi connectivity index (χ0) is 17.4. The summed E-state index contributed by atoms with van der Waals surface area (Å²) in [4.78, 5) is 0. The van der Waals surface area contributed by atoms with Crippen LogP contribution in [0, 0.1) is 0 Å². The van der Waals surface area contributed by atoms with Crippen molar-refractivity contribution in [1.29, 1.82) is 0 Å². The Morgan fingerprint density at radius 1 is 1.08 bits per heavy atom. The van der Waals surface area contributed by atoms with E-state index in [0.717, 1.165) is 27.7 Å². The van der Waals surface area contributed by atoms with Gasteiger partial charge in [-0.15, -0.1) is 10.2 Å². The van der Waals surface area contributed by atoms with Gasteiger partial charge in [-0.1, -0.05) is 53.2 Å². The monoisotopic (exact) mass is 390 g/mol. The summed E-state index contributed by atoms with van der Waals surface area (Å²) < 4.78 is 7.17. The van der Waals surface area contributed by atoms with Gasteiger partial charge in [-0.05, 0) is 24.3 Å². The molecule has 2 aromatic carbocycles. The molecule has 0 amide bonds. The minimum Gasteiger partial charge on any atom is -0.496 e. The summed E-state index contributed by atoms with van der Waals surface area (Å²) in [5.74, 6) is 2.04. The number of methoxy groups -OCH3 is 1. The van der Waals surface area contributed by atoms with Crippen LogP contribution in [0.5, 0.6) is 5.75 Å². The Balaban J connectivity index is 1.81. The fraction of sp³-hybridized carbons (Fsp3) is 0.118. The Hall–Kier alpha value is -2.02. The van der Waals surface area contributed by atoms with Crippen LogP contribution in [0.15, 0.2) is 52.7 Å². The number of ether oxygens (including phenoxy) is 1. The summed E-state index contributed by atoms with van der Waals surface area (Å²) in [6.07, 6.45) is 0. The fourth-order valence-corrected chi connectivity index (χ4v) is 3.68. The number of nitrogens with zero attached hydrogens (tertiary/aromatic N) is 4. The van der Waals surface area contributed by atoms with Crippen LogP contribution in [-0.4, -0.2) is 33.4 Å². The molecule has 0 radical (unpaired) electrons. The van der Waals surface area contributed by atoms with Crippen LogP contribution < -0.4 is 4.74 Å². The summed E-state index contributed by atoms with van der Waals surface area (Å²) in [6.45, 7) is 0. The minimum absolute atomic E-state index is 0.506. The first kappa shape index (κ1) is 16.4. The highest BCUT2D eigenvalue weighted by atomic mass is 35.5. The molecule has 126 valence electrons. The smallest absolute Gasteiger partial charge is 0.212 e. The van der Waals surface area contributed by atoms with Crippen LogP contribution in [0.1, 0.15) is 5.56 Å². The molecule has 0 aliphatic carbocycles. The van der Waals surface area contributed by atoms with Crippen molar-refractivity contribution >= 4 is 40.7 Å². The normalized spacial score (nSPS) is 13.3. The van der Waals surface area contributed by atoms with Gasteiger partial charge in [0.15, 0.2) is 5.82 Å². The second-order valence-electron chi connectivity index (χ2n) is 5.28. The number of hydrogen-bond donors (Lipinski definition) is 0. The van der Waals surface area contributed by atoms with Gasteiger partial charge in [0.05, 0.1) is 28.4 Å². The quantitative estimate of drug-likeness (QED) is 0.654. The molecule has 0 atom stereocenters. The second kappa shape index (κ2) is 6.71. The van der Waals surface area contributed by atoms with E-state index in [1.54, 1.807) is 29.6 Å². The Morgan fingerprint density at radius 2 is 1.92 bits per heavy atom. The summed E-state index contributed by atoms with van der Waals surface area (Å²) in [7, 11) is 1.63.